The second-order valence-electron chi connectivity index (χ2n) is 8.51. The van der Waals surface area contributed by atoms with Crippen molar-refractivity contribution in [2.24, 2.45) is 5.92 Å². The fourth-order valence-corrected chi connectivity index (χ4v) is 4.93. The zero-order valence-corrected chi connectivity index (χ0v) is 21.2. The molecule has 0 bridgehead atoms. The number of aromatic nitrogens is 2. The summed E-state index contributed by atoms with van der Waals surface area (Å²) in [6, 6.07) is 5.91. The number of allylic oxidation sites excluding steroid dienone is 1. The molecule has 2 aromatic rings. The quantitative estimate of drug-likeness (QED) is 0.413. The van der Waals surface area contributed by atoms with Crippen LogP contribution < -0.4 is 5.32 Å². The number of hydrogen-bond donors (Lipinski definition) is 1. The summed E-state index contributed by atoms with van der Waals surface area (Å²) in [7, 11) is 0. The van der Waals surface area contributed by atoms with Gasteiger partial charge in [0.1, 0.15) is 5.69 Å². The molecule has 0 saturated heterocycles. The number of ether oxygens (including phenoxy) is 1. The van der Waals surface area contributed by atoms with Gasteiger partial charge in [0.05, 0.1) is 12.3 Å². The lowest BCUT2D eigenvalue weighted by Crippen LogP contribution is -2.18. The fourth-order valence-electron chi connectivity index (χ4n) is 4.00. The van der Waals surface area contributed by atoms with Gasteiger partial charge < -0.3 is 14.6 Å². The first-order valence-corrected chi connectivity index (χ1v) is 12.1. The van der Waals surface area contributed by atoms with E-state index in [2.05, 4.69) is 51.6 Å². The molecule has 0 atom stereocenters. The van der Waals surface area contributed by atoms with Gasteiger partial charge in [0, 0.05) is 16.8 Å². The molecular formula is C24H31BrClN3O2. The number of benzene rings is 1. The van der Waals surface area contributed by atoms with Gasteiger partial charge >= 0.3 is 5.97 Å². The van der Waals surface area contributed by atoms with Gasteiger partial charge in [-0.15, -0.1) is 0 Å². The summed E-state index contributed by atoms with van der Waals surface area (Å²) in [5, 5.41) is 4.31. The molecule has 1 aromatic carbocycles. The van der Waals surface area contributed by atoms with E-state index in [9.17, 15) is 4.79 Å². The molecule has 0 aliphatic heterocycles. The highest BCUT2D eigenvalue weighted by atomic mass is 79.9. The minimum atomic E-state index is -0.413. The van der Waals surface area contributed by atoms with Gasteiger partial charge in [0.15, 0.2) is 10.4 Å². The normalized spacial score (nSPS) is 16.5. The van der Waals surface area contributed by atoms with Gasteiger partial charge in [-0.25, -0.2) is 9.78 Å². The van der Waals surface area contributed by atoms with E-state index in [0.717, 1.165) is 48.3 Å². The topological polar surface area (TPSA) is 56.1 Å². The van der Waals surface area contributed by atoms with Crippen molar-refractivity contribution in [3.63, 3.8) is 0 Å². The predicted octanol–water partition coefficient (Wildman–Crippen LogP) is 7.40. The fraction of sp³-hybridized carbons (Fsp3) is 0.500. The molecule has 0 unspecified atom stereocenters. The van der Waals surface area contributed by atoms with Crippen LogP contribution in [0.5, 0.6) is 0 Å². The summed E-state index contributed by atoms with van der Waals surface area (Å²) in [6.45, 7) is 10.6. The van der Waals surface area contributed by atoms with Crippen molar-refractivity contribution >= 4 is 44.9 Å². The minimum Gasteiger partial charge on any atom is -0.461 e. The molecule has 5 nitrogen and oxygen atoms in total. The lowest BCUT2D eigenvalue weighted by atomic mass is 9.85. The Hall–Kier alpha value is -1.79. The van der Waals surface area contributed by atoms with Crippen molar-refractivity contribution in [3.05, 3.63) is 50.5 Å². The highest BCUT2D eigenvalue weighted by Crippen LogP contribution is 2.38. The van der Waals surface area contributed by atoms with Crippen molar-refractivity contribution in [3.8, 4) is 0 Å². The Balaban J connectivity index is 2.23. The minimum absolute atomic E-state index is 0.0976. The van der Waals surface area contributed by atoms with E-state index in [-0.39, 0.29) is 6.04 Å². The number of nitrogens with zero attached hydrogens (tertiary/aromatic N) is 2. The Morgan fingerprint density at radius 3 is 2.65 bits per heavy atom. The number of carbonyl (C=O) groups excluding carboxylic acids is 1. The van der Waals surface area contributed by atoms with Crippen LogP contribution in [0.1, 0.15) is 81.2 Å². The van der Waals surface area contributed by atoms with Crippen molar-refractivity contribution in [2.45, 2.75) is 66.3 Å². The van der Waals surface area contributed by atoms with Crippen molar-refractivity contribution in [2.75, 3.05) is 11.9 Å². The predicted molar refractivity (Wildman–Crippen MR) is 131 cm³/mol. The van der Waals surface area contributed by atoms with E-state index in [0.29, 0.717) is 28.0 Å². The van der Waals surface area contributed by atoms with E-state index in [1.807, 2.05) is 32.0 Å². The lowest BCUT2D eigenvalue weighted by Gasteiger charge is -2.26. The molecule has 1 aliphatic rings. The maximum Gasteiger partial charge on any atom is 0.359 e. The molecule has 7 heteroatoms. The first-order chi connectivity index (χ1) is 14.7. The molecule has 31 heavy (non-hydrogen) atoms. The van der Waals surface area contributed by atoms with E-state index in [4.69, 9.17) is 16.3 Å². The largest absolute Gasteiger partial charge is 0.461 e. The molecule has 1 aliphatic carbocycles. The number of rotatable bonds is 6. The Morgan fingerprint density at radius 2 is 2.03 bits per heavy atom. The molecule has 1 saturated carbocycles. The number of halogens is 2. The summed E-state index contributed by atoms with van der Waals surface area (Å²) >= 11 is 9.88. The molecule has 1 aromatic heterocycles. The molecule has 0 radical (unpaired) electrons. The Labute approximate surface area is 198 Å². The third-order valence-electron chi connectivity index (χ3n) is 5.78. The highest BCUT2D eigenvalue weighted by Gasteiger charge is 2.29. The maximum atomic E-state index is 12.9. The number of aryl methyl sites for hydroxylation is 1. The summed E-state index contributed by atoms with van der Waals surface area (Å²) in [6.07, 6.45) is 4.21. The number of imidazole rings is 1. The monoisotopic (exact) mass is 507 g/mol. The second kappa shape index (κ2) is 10.2. The number of esters is 1. The molecule has 168 valence electrons. The standard InChI is InChI=1S/C24H31BrClN3O2/c1-6-31-23(30)21-22(29(14(2)3)24(25)28-21)20(17-10-7-15(4)8-11-17)27-19-13-18(26)12-9-16(19)5/h9,12-15,27H,6-8,10-11H2,1-5H3. The van der Waals surface area contributed by atoms with Crippen LogP contribution in [0.15, 0.2) is 28.5 Å². The Morgan fingerprint density at radius 1 is 1.35 bits per heavy atom. The first kappa shape index (κ1) is 23.9. The van der Waals surface area contributed by atoms with Gasteiger partial charge in [-0.05, 0) is 98.5 Å². The van der Waals surface area contributed by atoms with Gasteiger partial charge in [-0.3, -0.25) is 0 Å². The summed E-state index contributed by atoms with van der Waals surface area (Å²) < 4.78 is 8.03. The van der Waals surface area contributed by atoms with E-state index in [1.165, 1.54) is 5.57 Å². The van der Waals surface area contributed by atoms with Crippen LogP contribution in [-0.2, 0) is 4.74 Å². The average molecular weight is 509 g/mol. The van der Waals surface area contributed by atoms with Crippen LogP contribution in [0.2, 0.25) is 5.02 Å². The van der Waals surface area contributed by atoms with Gasteiger partial charge in [-0.1, -0.05) is 24.6 Å². The SMILES string of the molecule is CCOC(=O)c1nc(Br)n(C(C)C)c1C(Nc1cc(Cl)ccc1C)=C1CCC(C)CC1. The van der Waals surface area contributed by atoms with Gasteiger partial charge in [0.25, 0.3) is 0 Å². The van der Waals surface area contributed by atoms with Gasteiger partial charge in [-0.2, -0.15) is 0 Å². The van der Waals surface area contributed by atoms with E-state index in [1.54, 1.807) is 0 Å². The van der Waals surface area contributed by atoms with Crippen LogP contribution in [0, 0.1) is 12.8 Å². The number of nitrogens with one attached hydrogen (secondary N) is 1. The maximum absolute atomic E-state index is 12.9. The molecule has 1 heterocycles. The molecule has 3 rings (SSSR count). The van der Waals surface area contributed by atoms with Crippen LogP contribution in [0.4, 0.5) is 5.69 Å². The third kappa shape index (κ3) is 5.35. The number of hydrogen-bond acceptors (Lipinski definition) is 4. The van der Waals surface area contributed by atoms with E-state index >= 15 is 0 Å². The Bertz CT molecular complexity index is 987. The third-order valence-corrected chi connectivity index (χ3v) is 6.58. The van der Waals surface area contributed by atoms with Crippen molar-refractivity contribution in [1.29, 1.82) is 0 Å². The van der Waals surface area contributed by atoms with Crippen LogP contribution in [0.25, 0.3) is 5.70 Å². The number of anilines is 1. The summed E-state index contributed by atoms with van der Waals surface area (Å²) in [5.41, 5.74) is 5.35. The van der Waals surface area contributed by atoms with Gasteiger partial charge in [0.2, 0.25) is 0 Å². The molecule has 0 amide bonds. The first-order valence-electron chi connectivity index (χ1n) is 10.9. The van der Waals surface area contributed by atoms with Crippen molar-refractivity contribution in [1.82, 2.24) is 9.55 Å². The van der Waals surface area contributed by atoms with Crippen LogP contribution >= 0.6 is 27.5 Å². The summed E-state index contributed by atoms with van der Waals surface area (Å²) in [5.74, 6) is 0.286. The van der Waals surface area contributed by atoms with Crippen LogP contribution in [-0.4, -0.2) is 22.1 Å². The molecule has 1 fully saturated rings. The lowest BCUT2D eigenvalue weighted by molar-refractivity contribution is 0.0519. The Kier molecular flexibility index (Phi) is 7.87. The second-order valence-corrected chi connectivity index (χ2v) is 9.65. The molecule has 1 N–H and O–H groups in total. The number of carbonyl (C=O) groups is 1. The molecular weight excluding hydrogens is 478 g/mol. The highest BCUT2D eigenvalue weighted by molar-refractivity contribution is 9.10. The molecule has 0 spiro atoms. The zero-order valence-electron chi connectivity index (χ0n) is 18.9. The van der Waals surface area contributed by atoms with Crippen LogP contribution in [0.3, 0.4) is 0 Å². The zero-order chi connectivity index (χ0) is 22.7. The summed E-state index contributed by atoms with van der Waals surface area (Å²) in [4.78, 5) is 17.4. The van der Waals surface area contributed by atoms with E-state index < -0.39 is 5.97 Å². The average Bonchev–Trinajstić information content (AvgIpc) is 3.07. The smallest absolute Gasteiger partial charge is 0.359 e. The van der Waals surface area contributed by atoms with Crippen molar-refractivity contribution < 1.29 is 9.53 Å².